The van der Waals surface area contributed by atoms with Gasteiger partial charge in [0.25, 0.3) is 0 Å². The predicted octanol–water partition coefficient (Wildman–Crippen LogP) is 4.09. The summed E-state index contributed by atoms with van der Waals surface area (Å²) in [7, 11) is 3.82. The van der Waals surface area contributed by atoms with E-state index in [9.17, 15) is 0 Å². The first-order valence-corrected chi connectivity index (χ1v) is 11.3. The van der Waals surface area contributed by atoms with Gasteiger partial charge in [0.1, 0.15) is 6.10 Å². The maximum atomic E-state index is 6.00. The van der Waals surface area contributed by atoms with Gasteiger partial charge in [0.05, 0.1) is 19.3 Å². The number of hydrogen-bond acceptors (Lipinski definition) is 4. The van der Waals surface area contributed by atoms with Crippen molar-refractivity contribution in [1.29, 1.82) is 0 Å². The Morgan fingerprint density at radius 3 is 2.73 bits per heavy atom. The molecule has 8 heteroatoms. The van der Waals surface area contributed by atoms with Crippen LogP contribution in [0.1, 0.15) is 37.4 Å². The number of morpholine rings is 1. The molecule has 2 aliphatic rings. The molecule has 1 aliphatic heterocycles. The van der Waals surface area contributed by atoms with Gasteiger partial charge in [0.2, 0.25) is 0 Å². The quantitative estimate of drug-likeness (QED) is 0.351. The molecule has 1 aromatic heterocycles. The van der Waals surface area contributed by atoms with Gasteiger partial charge in [0, 0.05) is 48.6 Å². The fourth-order valence-corrected chi connectivity index (χ4v) is 5.73. The van der Waals surface area contributed by atoms with Crippen molar-refractivity contribution in [1.82, 2.24) is 20.0 Å². The summed E-state index contributed by atoms with van der Waals surface area (Å²) in [6.07, 6.45) is 9.08. The maximum Gasteiger partial charge on any atom is 0.193 e. The number of aryl methyl sites for hydroxylation is 1. The van der Waals surface area contributed by atoms with Gasteiger partial charge in [0.15, 0.2) is 5.96 Å². The first-order chi connectivity index (χ1) is 14.2. The molecule has 2 aromatic rings. The topological polar surface area (TPSA) is 54.7 Å². The first-order valence-electron chi connectivity index (χ1n) is 10.5. The van der Waals surface area contributed by atoms with Crippen LogP contribution in [0.25, 0.3) is 0 Å². The molecule has 30 heavy (non-hydrogen) atoms. The van der Waals surface area contributed by atoms with Crippen LogP contribution in [-0.4, -0.2) is 58.7 Å². The number of aliphatic imine (C=N–C) groups is 1. The molecule has 1 atom stereocenters. The number of nitrogens with zero attached hydrogens (tertiary/aromatic N) is 4. The second-order valence-corrected chi connectivity index (χ2v) is 9.50. The molecule has 0 bridgehead atoms. The first kappa shape index (κ1) is 23.4. The Morgan fingerprint density at radius 1 is 1.30 bits per heavy atom. The number of thioether (sulfide) groups is 1. The Kier molecular flexibility index (Phi) is 8.47. The van der Waals surface area contributed by atoms with Crippen LogP contribution in [0.2, 0.25) is 0 Å². The fraction of sp³-hybridized carbons (Fsp3) is 0.545. The van der Waals surface area contributed by atoms with Crippen molar-refractivity contribution in [2.45, 2.75) is 41.4 Å². The summed E-state index contributed by atoms with van der Waals surface area (Å²) in [5, 5.41) is 7.99. The van der Waals surface area contributed by atoms with E-state index >= 15 is 0 Å². The molecule has 164 valence electrons. The smallest absolute Gasteiger partial charge is 0.193 e. The van der Waals surface area contributed by atoms with Crippen molar-refractivity contribution in [3.63, 3.8) is 0 Å². The van der Waals surface area contributed by atoms with E-state index in [1.807, 2.05) is 42.9 Å². The van der Waals surface area contributed by atoms with E-state index in [1.54, 1.807) is 0 Å². The second-order valence-electron chi connectivity index (χ2n) is 7.96. The minimum Gasteiger partial charge on any atom is -0.370 e. The van der Waals surface area contributed by atoms with Crippen molar-refractivity contribution in [2.24, 2.45) is 12.0 Å². The van der Waals surface area contributed by atoms with Crippen LogP contribution in [0.4, 0.5) is 0 Å². The molecule has 6 nitrogen and oxygen atoms in total. The molecule has 1 N–H and O–H groups in total. The summed E-state index contributed by atoms with van der Waals surface area (Å²) in [5.41, 5.74) is 1.12. The van der Waals surface area contributed by atoms with Crippen LogP contribution in [0, 0.1) is 0 Å². The molecule has 1 aromatic carbocycles. The number of ether oxygens (including phenoxy) is 1. The normalized spacial score (nSPS) is 21.3. The molecule has 4 rings (SSSR count). The highest BCUT2D eigenvalue weighted by Crippen LogP contribution is 2.44. The summed E-state index contributed by atoms with van der Waals surface area (Å²) in [6.45, 7) is 3.29. The molecule has 0 radical (unpaired) electrons. The minimum absolute atomic E-state index is 0. The molecular formula is C22H32IN5OS. The van der Waals surface area contributed by atoms with Crippen LogP contribution in [0.3, 0.4) is 0 Å². The Morgan fingerprint density at radius 2 is 2.07 bits per heavy atom. The molecule has 1 saturated carbocycles. The second kappa shape index (κ2) is 10.9. The van der Waals surface area contributed by atoms with Gasteiger partial charge in [-0.1, -0.05) is 31.0 Å². The number of guanidine groups is 1. The van der Waals surface area contributed by atoms with Crippen molar-refractivity contribution in [3.05, 3.63) is 48.3 Å². The van der Waals surface area contributed by atoms with E-state index in [-0.39, 0.29) is 34.8 Å². The Balaban J connectivity index is 0.00000256. The lowest BCUT2D eigenvalue weighted by Crippen LogP contribution is -2.51. The summed E-state index contributed by atoms with van der Waals surface area (Å²) < 4.78 is 8.07. The van der Waals surface area contributed by atoms with E-state index < -0.39 is 0 Å². The number of aromatic nitrogens is 2. The molecule has 0 amide bonds. The van der Waals surface area contributed by atoms with Gasteiger partial charge in [-0.15, -0.1) is 35.7 Å². The van der Waals surface area contributed by atoms with E-state index in [1.165, 1.54) is 30.6 Å². The minimum atomic E-state index is 0. The van der Waals surface area contributed by atoms with Crippen LogP contribution in [0.15, 0.2) is 52.6 Å². The summed E-state index contributed by atoms with van der Waals surface area (Å²) in [4.78, 5) is 8.26. The molecular weight excluding hydrogens is 509 g/mol. The van der Waals surface area contributed by atoms with Gasteiger partial charge in [-0.3, -0.25) is 9.67 Å². The summed E-state index contributed by atoms with van der Waals surface area (Å²) in [5.74, 6) is 0.974. The highest BCUT2D eigenvalue weighted by atomic mass is 127. The van der Waals surface area contributed by atoms with Gasteiger partial charge < -0.3 is 15.0 Å². The Hall–Kier alpha value is -1.26. The number of hydrogen-bond donors (Lipinski definition) is 1. The number of rotatable bonds is 5. The number of halogens is 1. The third-order valence-corrected chi connectivity index (χ3v) is 7.33. The summed E-state index contributed by atoms with van der Waals surface area (Å²) >= 11 is 2.03. The molecule has 1 unspecified atom stereocenters. The Labute approximate surface area is 200 Å². The van der Waals surface area contributed by atoms with E-state index in [2.05, 4.69) is 50.6 Å². The Bertz CT molecular complexity index is 822. The molecule has 0 spiro atoms. The van der Waals surface area contributed by atoms with Gasteiger partial charge in [-0.2, -0.15) is 5.10 Å². The van der Waals surface area contributed by atoms with E-state index in [4.69, 9.17) is 4.74 Å². The molecule has 2 heterocycles. The standard InChI is InChI=1S/C22H31N5OS.HI/c1-23-21(27-12-13-28-20(16-27)18-14-25-26(2)15-18)24-17-22(10-6-7-11-22)29-19-8-4-3-5-9-19;/h3-5,8-9,14-15,20H,6-7,10-13,16-17H2,1-2H3,(H,23,24);1H. The molecule has 1 saturated heterocycles. The highest BCUT2D eigenvalue weighted by Gasteiger charge is 2.36. The lowest BCUT2D eigenvalue weighted by molar-refractivity contribution is -0.00805. The van der Waals surface area contributed by atoms with E-state index in [0.717, 1.165) is 31.2 Å². The van der Waals surface area contributed by atoms with Crippen molar-refractivity contribution < 1.29 is 4.74 Å². The van der Waals surface area contributed by atoms with E-state index in [0.29, 0.717) is 6.61 Å². The van der Waals surface area contributed by atoms with Gasteiger partial charge >= 0.3 is 0 Å². The van der Waals surface area contributed by atoms with Gasteiger partial charge in [-0.25, -0.2) is 0 Å². The van der Waals surface area contributed by atoms with Crippen molar-refractivity contribution in [3.8, 4) is 0 Å². The lowest BCUT2D eigenvalue weighted by Gasteiger charge is -2.36. The van der Waals surface area contributed by atoms with Crippen LogP contribution < -0.4 is 5.32 Å². The molecule has 2 fully saturated rings. The predicted molar refractivity (Wildman–Crippen MR) is 134 cm³/mol. The zero-order valence-corrected chi connectivity index (χ0v) is 20.9. The zero-order valence-electron chi connectivity index (χ0n) is 17.8. The SMILES string of the molecule is CN=C(NCC1(Sc2ccccc2)CCCC1)N1CCOC(c2cnn(C)c2)C1.I. The van der Waals surface area contributed by atoms with Crippen molar-refractivity contribution >= 4 is 41.7 Å². The average Bonchev–Trinajstić information content (AvgIpc) is 3.39. The van der Waals surface area contributed by atoms with Crippen LogP contribution in [0.5, 0.6) is 0 Å². The van der Waals surface area contributed by atoms with Crippen molar-refractivity contribution in [2.75, 3.05) is 33.3 Å². The van der Waals surface area contributed by atoms with Gasteiger partial charge in [-0.05, 0) is 25.0 Å². The fourth-order valence-electron chi connectivity index (χ4n) is 4.29. The lowest BCUT2D eigenvalue weighted by atomic mass is 10.1. The average molecular weight is 542 g/mol. The number of benzene rings is 1. The number of nitrogens with one attached hydrogen (secondary N) is 1. The third kappa shape index (κ3) is 5.70. The largest absolute Gasteiger partial charge is 0.370 e. The molecule has 1 aliphatic carbocycles. The highest BCUT2D eigenvalue weighted by molar-refractivity contribution is 14.0. The monoisotopic (exact) mass is 541 g/mol. The maximum absolute atomic E-state index is 6.00. The van der Waals surface area contributed by atoms with Crippen LogP contribution in [-0.2, 0) is 11.8 Å². The van der Waals surface area contributed by atoms with Crippen LogP contribution >= 0.6 is 35.7 Å². The third-order valence-electron chi connectivity index (χ3n) is 5.84. The zero-order chi connectivity index (χ0) is 20.1. The summed E-state index contributed by atoms with van der Waals surface area (Å²) in [6, 6.07) is 10.8.